The average molecular weight is 357 g/mol. The molecule has 5 nitrogen and oxygen atoms in total. The first kappa shape index (κ1) is 18.3. The van der Waals surface area contributed by atoms with E-state index in [2.05, 4.69) is 25.1 Å². The molecule has 1 amide bonds. The van der Waals surface area contributed by atoms with E-state index in [1.54, 1.807) is 16.7 Å². The molecule has 0 bridgehead atoms. The fraction of sp³-hybridized carbons (Fsp3) is 0.562. The van der Waals surface area contributed by atoms with Crippen molar-refractivity contribution in [3.8, 4) is 0 Å². The largest absolute Gasteiger partial charge is 0.341 e. The van der Waals surface area contributed by atoms with Crippen LogP contribution in [0.4, 0.5) is 0 Å². The molecule has 2 rings (SSSR count). The third-order valence-corrected chi connectivity index (χ3v) is 6.15. The van der Waals surface area contributed by atoms with E-state index in [0.29, 0.717) is 38.4 Å². The molecule has 0 N–H and O–H groups in total. The Hall–Kier alpha value is -1.05. The monoisotopic (exact) mass is 356 g/mol. The fourth-order valence-corrected chi connectivity index (χ4v) is 4.37. The summed E-state index contributed by atoms with van der Waals surface area (Å²) in [4.78, 5) is 14.1. The van der Waals surface area contributed by atoms with Gasteiger partial charge in [0.1, 0.15) is 0 Å². The van der Waals surface area contributed by atoms with Crippen molar-refractivity contribution in [2.75, 3.05) is 38.2 Å². The van der Waals surface area contributed by atoms with Crippen molar-refractivity contribution in [3.63, 3.8) is 0 Å². The van der Waals surface area contributed by atoms with E-state index in [-0.39, 0.29) is 5.91 Å². The van der Waals surface area contributed by atoms with Crippen LogP contribution in [0.1, 0.15) is 17.5 Å². The third kappa shape index (κ3) is 5.82. The zero-order valence-corrected chi connectivity index (χ0v) is 15.3. The lowest BCUT2D eigenvalue weighted by molar-refractivity contribution is -0.128. The standard InChI is InChI=1S/C16H24N2O3S2/c1-14-5-3-6-15(11-14)12-22-13-16(19)17-7-4-8-18(10-9-17)23(2,20)21/h3,5-6,11H,4,7-10,12-13H2,1-2H3. The molecule has 0 aromatic heterocycles. The van der Waals surface area contributed by atoms with Gasteiger partial charge in [-0.1, -0.05) is 29.8 Å². The lowest BCUT2D eigenvalue weighted by Gasteiger charge is -2.21. The summed E-state index contributed by atoms with van der Waals surface area (Å²) in [5.41, 5.74) is 2.45. The number of nitrogens with zero attached hydrogens (tertiary/aromatic N) is 2. The Kier molecular flexibility index (Phi) is 6.50. The van der Waals surface area contributed by atoms with E-state index < -0.39 is 10.0 Å². The number of carbonyl (C=O) groups excluding carboxylic acids is 1. The minimum atomic E-state index is -3.17. The zero-order chi connectivity index (χ0) is 16.9. The van der Waals surface area contributed by atoms with E-state index in [0.717, 1.165) is 5.75 Å². The maximum atomic E-state index is 12.3. The van der Waals surface area contributed by atoms with Crippen LogP contribution in [0.5, 0.6) is 0 Å². The Morgan fingerprint density at radius 1 is 1.22 bits per heavy atom. The van der Waals surface area contributed by atoms with Gasteiger partial charge in [0, 0.05) is 31.9 Å². The molecule has 1 aromatic carbocycles. The van der Waals surface area contributed by atoms with Gasteiger partial charge in [-0.25, -0.2) is 12.7 Å². The maximum absolute atomic E-state index is 12.3. The zero-order valence-electron chi connectivity index (χ0n) is 13.7. The summed E-state index contributed by atoms with van der Waals surface area (Å²) in [7, 11) is -3.17. The van der Waals surface area contributed by atoms with E-state index in [1.165, 1.54) is 21.7 Å². The van der Waals surface area contributed by atoms with Gasteiger partial charge in [-0.15, -0.1) is 11.8 Å². The van der Waals surface area contributed by atoms with E-state index in [9.17, 15) is 13.2 Å². The third-order valence-electron chi connectivity index (χ3n) is 3.85. The van der Waals surface area contributed by atoms with Crippen molar-refractivity contribution >= 4 is 27.7 Å². The molecular formula is C16H24N2O3S2. The first-order valence-electron chi connectivity index (χ1n) is 7.72. The Bertz CT molecular complexity index is 646. The van der Waals surface area contributed by atoms with Crippen molar-refractivity contribution in [2.45, 2.75) is 19.1 Å². The molecule has 1 aliphatic rings. The van der Waals surface area contributed by atoms with Gasteiger partial charge in [0.15, 0.2) is 0 Å². The van der Waals surface area contributed by atoms with E-state index >= 15 is 0 Å². The minimum absolute atomic E-state index is 0.0954. The Labute approximate surface area is 143 Å². The highest BCUT2D eigenvalue weighted by atomic mass is 32.2. The highest BCUT2D eigenvalue weighted by Crippen LogP contribution is 2.15. The van der Waals surface area contributed by atoms with Gasteiger partial charge in [-0.05, 0) is 18.9 Å². The highest BCUT2D eigenvalue weighted by Gasteiger charge is 2.23. The predicted molar refractivity (Wildman–Crippen MR) is 95.0 cm³/mol. The number of carbonyl (C=O) groups is 1. The number of hydrogen-bond donors (Lipinski definition) is 0. The second kappa shape index (κ2) is 8.17. The Morgan fingerprint density at radius 2 is 2.00 bits per heavy atom. The molecular weight excluding hydrogens is 332 g/mol. The number of aryl methyl sites for hydroxylation is 1. The number of sulfonamides is 1. The summed E-state index contributed by atoms with van der Waals surface area (Å²) in [5, 5.41) is 0. The summed E-state index contributed by atoms with van der Waals surface area (Å²) in [6.07, 6.45) is 1.92. The molecule has 1 saturated heterocycles. The van der Waals surface area contributed by atoms with Crippen LogP contribution in [-0.4, -0.2) is 61.7 Å². The van der Waals surface area contributed by atoms with Crippen molar-refractivity contribution in [1.29, 1.82) is 0 Å². The molecule has 1 heterocycles. The van der Waals surface area contributed by atoms with Crippen molar-refractivity contribution in [3.05, 3.63) is 35.4 Å². The van der Waals surface area contributed by atoms with Crippen molar-refractivity contribution < 1.29 is 13.2 Å². The molecule has 0 saturated carbocycles. The molecule has 7 heteroatoms. The lowest BCUT2D eigenvalue weighted by atomic mass is 10.2. The van der Waals surface area contributed by atoms with Gasteiger partial charge in [-0.2, -0.15) is 0 Å². The maximum Gasteiger partial charge on any atom is 0.232 e. The fourth-order valence-electron chi connectivity index (χ4n) is 2.62. The summed E-state index contributed by atoms with van der Waals surface area (Å²) >= 11 is 1.61. The van der Waals surface area contributed by atoms with Gasteiger partial charge >= 0.3 is 0 Å². The van der Waals surface area contributed by atoms with Crippen LogP contribution in [0.3, 0.4) is 0 Å². The quantitative estimate of drug-likeness (QED) is 0.806. The SMILES string of the molecule is Cc1cccc(CSCC(=O)N2CCCN(S(C)(=O)=O)CC2)c1. The van der Waals surface area contributed by atoms with Crippen LogP contribution < -0.4 is 0 Å². The molecule has 1 aromatic rings. The first-order chi connectivity index (χ1) is 10.9. The van der Waals surface area contributed by atoms with Crippen molar-refractivity contribution in [1.82, 2.24) is 9.21 Å². The van der Waals surface area contributed by atoms with Crippen LogP contribution in [0, 0.1) is 6.92 Å². The van der Waals surface area contributed by atoms with Crippen molar-refractivity contribution in [2.24, 2.45) is 0 Å². The molecule has 0 spiro atoms. The summed E-state index contributed by atoms with van der Waals surface area (Å²) in [5.74, 6) is 1.35. The van der Waals surface area contributed by atoms with Gasteiger partial charge in [-0.3, -0.25) is 4.79 Å². The van der Waals surface area contributed by atoms with E-state index in [1.807, 2.05) is 6.07 Å². The number of hydrogen-bond acceptors (Lipinski definition) is 4. The van der Waals surface area contributed by atoms with Gasteiger partial charge in [0.2, 0.25) is 15.9 Å². The second-order valence-electron chi connectivity index (χ2n) is 5.88. The molecule has 1 fully saturated rings. The topological polar surface area (TPSA) is 57.7 Å². The summed E-state index contributed by atoms with van der Waals surface area (Å²) in [6, 6.07) is 8.29. The Balaban J connectivity index is 1.79. The number of benzene rings is 1. The number of rotatable bonds is 5. The average Bonchev–Trinajstić information content (AvgIpc) is 2.73. The molecule has 23 heavy (non-hydrogen) atoms. The van der Waals surface area contributed by atoms with Gasteiger partial charge in [0.25, 0.3) is 0 Å². The second-order valence-corrected chi connectivity index (χ2v) is 8.85. The van der Waals surface area contributed by atoms with Crippen LogP contribution in [0.25, 0.3) is 0 Å². The molecule has 0 unspecified atom stereocenters. The summed E-state index contributed by atoms with van der Waals surface area (Å²) in [6.45, 7) is 4.07. The summed E-state index contributed by atoms with van der Waals surface area (Å²) < 4.78 is 24.6. The number of thioether (sulfide) groups is 1. The van der Waals surface area contributed by atoms with Crippen LogP contribution in [0.2, 0.25) is 0 Å². The van der Waals surface area contributed by atoms with Gasteiger partial charge < -0.3 is 4.90 Å². The molecule has 1 aliphatic heterocycles. The van der Waals surface area contributed by atoms with Crippen LogP contribution in [0.15, 0.2) is 24.3 Å². The minimum Gasteiger partial charge on any atom is -0.341 e. The van der Waals surface area contributed by atoms with Crippen LogP contribution >= 0.6 is 11.8 Å². The molecule has 0 radical (unpaired) electrons. The molecule has 128 valence electrons. The smallest absolute Gasteiger partial charge is 0.232 e. The first-order valence-corrected chi connectivity index (χ1v) is 10.7. The highest BCUT2D eigenvalue weighted by molar-refractivity contribution is 7.99. The lowest BCUT2D eigenvalue weighted by Crippen LogP contribution is -2.37. The Morgan fingerprint density at radius 3 is 2.70 bits per heavy atom. The molecule has 0 atom stereocenters. The van der Waals surface area contributed by atoms with E-state index in [4.69, 9.17) is 0 Å². The predicted octanol–water partition coefficient (Wildman–Crippen LogP) is 1.72. The van der Waals surface area contributed by atoms with Gasteiger partial charge in [0.05, 0.1) is 12.0 Å². The van der Waals surface area contributed by atoms with Crippen LogP contribution in [-0.2, 0) is 20.6 Å². The normalized spacial score (nSPS) is 17.0. The molecule has 0 aliphatic carbocycles. The number of amides is 1.